The van der Waals surface area contributed by atoms with Crippen molar-refractivity contribution < 1.29 is 9.21 Å². The molecule has 4 rings (SSSR count). The number of aryl methyl sites for hydroxylation is 1. The topological polar surface area (TPSA) is 45.5 Å². The molecule has 4 heteroatoms. The van der Waals surface area contributed by atoms with Crippen molar-refractivity contribution in [3.05, 3.63) is 95.4 Å². The van der Waals surface area contributed by atoms with E-state index in [2.05, 4.69) is 65.7 Å². The Hall–Kier alpha value is -2.85. The second-order valence-corrected chi connectivity index (χ2v) is 8.02. The summed E-state index contributed by atoms with van der Waals surface area (Å²) in [6.45, 7) is 5.18. The largest absolute Gasteiger partial charge is 0.467 e. The predicted octanol–water partition coefficient (Wildman–Crippen LogP) is 4.51. The molecule has 2 atom stereocenters. The lowest BCUT2D eigenvalue weighted by atomic mass is 9.83. The molecular formula is C25H28N2O2. The van der Waals surface area contributed by atoms with Gasteiger partial charge in [-0.05, 0) is 42.5 Å². The summed E-state index contributed by atoms with van der Waals surface area (Å²) >= 11 is 0. The first-order valence-corrected chi connectivity index (χ1v) is 10.3. The van der Waals surface area contributed by atoms with E-state index in [-0.39, 0.29) is 11.8 Å². The number of hydrogen-bond acceptors (Lipinski definition) is 3. The van der Waals surface area contributed by atoms with Crippen molar-refractivity contribution in [2.45, 2.75) is 32.4 Å². The summed E-state index contributed by atoms with van der Waals surface area (Å²) in [5, 5.41) is 3.06. The highest BCUT2D eigenvalue weighted by atomic mass is 16.3. The lowest BCUT2D eigenvalue weighted by molar-refractivity contribution is -0.127. The molecular weight excluding hydrogens is 360 g/mol. The Morgan fingerprint density at radius 2 is 1.93 bits per heavy atom. The Morgan fingerprint density at radius 1 is 1.07 bits per heavy atom. The van der Waals surface area contributed by atoms with Gasteiger partial charge in [-0.25, -0.2) is 0 Å². The molecule has 1 amide bonds. The van der Waals surface area contributed by atoms with E-state index in [0.29, 0.717) is 12.5 Å². The molecule has 0 bridgehead atoms. The number of amides is 1. The molecule has 1 aromatic heterocycles. The van der Waals surface area contributed by atoms with E-state index in [0.717, 1.165) is 31.8 Å². The molecule has 29 heavy (non-hydrogen) atoms. The summed E-state index contributed by atoms with van der Waals surface area (Å²) < 4.78 is 5.35. The maximum Gasteiger partial charge on any atom is 0.224 e. The van der Waals surface area contributed by atoms with E-state index >= 15 is 0 Å². The first-order valence-electron chi connectivity index (χ1n) is 10.3. The molecule has 0 aliphatic carbocycles. The quantitative estimate of drug-likeness (QED) is 0.676. The minimum absolute atomic E-state index is 0.0343. The number of hydrogen-bond donors (Lipinski definition) is 1. The van der Waals surface area contributed by atoms with Gasteiger partial charge in [0.05, 0.1) is 18.7 Å². The van der Waals surface area contributed by atoms with E-state index in [1.807, 2.05) is 18.2 Å². The maximum absolute atomic E-state index is 13.0. The zero-order valence-corrected chi connectivity index (χ0v) is 16.9. The van der Waals surface area contributed by atoms with Crippen LogP contribution < -0.4 is 5.32 Å². The predicted molar refractivity (Wildman–Crippen MR) is 114 cm³/mol. The van der Waals surface area contributed by atoms with Crippen LogP contribution >= 0.6 is 0 Å². The third-order valence-electron chi connectivity index (χ3n) is 5.68. The van der Waals surface area contributed by atoms with Gasteiger partial charge in [-0.2, -0.15) is 0 Å². The SMILES string of the molecule is Cc1cccc([C@@H]2C[C@H](C(=O)NCc3ccco3)CN(Cc3ccccc3)C2)c1. The van der Waals surface area contributed by atoms with Crippen LogP contribution in [0.2, 0.25) is 0 Å². The molecule has 3 aromatic rings. The third kappa shape index (κ3) is 5.15. The molecule has 1 aliphatic heterocycles. The number of nitrogens with zero attached hydrogens (tertiary/aromatic N) is 1. The molecule has 150 valence electrons. The van der Waals surface area contributed by atoms with Gasteiger partial charge in [0.2, 0.25) is 5.91 Å². The molecule has 0 spiro atoms. The normalized spacial score (nSPS) is 19.8. The van der Waals surface area contributed by atoms with Crippen LogP contribution in [0.25, 0.3) is 0 Å². The van der Waals surface area contributed by atoms with E-state index < -0.39 is 0 Å². The number of nitrogens with one attached hydrogen (secondary N) is 1. The smallest absolute Gasteiger partial charge is 0.224 e. The van der Waals surface area contributed by atoms with Gasteiger partial charge in [0, 0.05) is 19.6 Å². The second kappa shape index (κ2) is 9.10. The summed E-state index contributed by atoms with van der Waals surface area (Å²) in [6, 6.07) is 22.9. The summed E-state index contributed by atoms with van der Waals surface area (Å²) in [5.74, 6) is 1.21. The molecule has 4 nitrogen and oxygen atoms in total. The standard InChI is InChI=1S/C25H28N2O2/c1-19-7-5-10-21(13-19)22-14-23(25(28)26-15-24-11-6-12-29-24)18-27(17-22)16-20-8-3-2-4-9-20/h2-13,22-23H,14-18H2,1H3,(H,26,28)/t22-,23+/m1/s1. The van der Waals surface area contributed by atoms with Crippen LogP contribution in [0, 0.1) is 12.8 Å². The van der Waals surface area contributed by atoms with Crippen LogP contribution in [-0.2, 0) is 17.9 Å². The van der Waals surface area contributed by atoms with E-state index in [1.54, 1.807) is 6.26 Å². The number of likely N-dealkylation sites (tertiary alicyclic amines) is 1. The lowest BCUT2D eigenvalue weighted by Crippen LogP contribution is -2.45. The Labute approximate surface area is 172 Å². The van der Waals surface area contributed by atoms with Gasteiger partial charge >= 0.3 is 0 Å². The van der Waals surface area contributed by atoms with Crippen molar-refractivity contribution in [3.63, 3.8) is 0 Å². The van der Waals surface area contributed by atoms with Crippen molar-refractivity contribution >= 4 is 5.91 Å². The number of carbonyl (C=O) groups is 1. The van der Waals surface area contributed by atoms with Crippen LogP contribution in [0.5, 0.6) is 0 Å². The van der Waals surface area contributed by atoms with E-state index in [1.165, 1.54) is 16.7 Å². The first-order chi connectivity index (χ1) is 14.2. The van der Waals surface area contributed by atoms with Gasteiger partial charge in [0.1, 0.15) is 5.76 Å². The van der Waals surface area contributed by atoms with Gasteiger partial charge < -0.3 is 9.73 Å². The molecule has 0 saturated carbocycles. The van der Waals surface area contributed by atoms with Crippen molar-refractivity contribution in [2.75, 3.05) is 13.1 Å². The van der Waals surface area contributed by atoms with Gasteiger partial charge in [-0.3, -0.25) is 9.69 Å². The van der Waals surface area contributed by atoms with Crippen LogP contribution in [0.3, 0.4) is 0 Å². The van der Waals surface area contributed by atoms with Gasteiger partial charge in [-0.15, -0.1) is 0 Å². The summed E-state index contributed by atoms with van der Waals surface area (Å²) in [6.07, 6.45) is 2.51. The van der Waals surface area contributed by atoms with Crippen molar-refractivity contribution in [2.24, 2.45) is 5.92 Å². The van der Waals surface area contributed by atoms with Gasteiger partial charge in [0.25, 0.3) is 0 Å². The highest BCUT2D eigenvalue weighted by molar-refractivity contribution is 5.79. The molecule has 1 aliphatic rings. The molecule has 0 unspecified atom stereocenters. The van der Waals surface area contributed by atoms with Crippen molar-refractivity contribution in [3.8, 4) is 0 Å². The summed E-state index contributed by atoms with van der Waals surface area (Å²) in [7, 11) is 0. The molecule has 2 heterocycles. The molecule has 1 fully saturated rings. The third-order valence-corrected chi connectivity index (χ3v) is 5.68. The second-order valence-electron chi connectivity index (χ2n) is 8.02. The van der Waals surface area contributed by atoms with Crippen LogP contribution in [-0.4, -0.2) is 23.9 Å². The number of carbonyl (C=O) groups excluding carboxylic acids is 1. The van der Waals surface area contributed by atoms with Crippen LogP contribution in [0.4, 0.5) is 0 Å². The average Bonchev–Trinajstić information content (AvgIpc) is 3.26. The molecule has 1 saturated heterocycles. The highest BCUT2D eigenvalue weighted by Crippen LogP contribution is 2.31. The zero-order valence-electron chi connectivity index (χ0n) is 16.9. The van der Waals surface area contributed by atoms with E-state index in [4.69, 9.17) is 4.42 Å². The Kier molecular flexibility index (Phi) is 6.11. The molecule has 0 radical (unpaired) electrons. The monoisotopic (exact) mass is 388 g/mol. The number of furan rings is 1. The highest BCUT2D eigenvalue weighted by Gasteiger charge is 2.32. The Bertz CT molecular complexity index is 921. The zero-order chi connectivity index (χ0) is 20.1. The average molecular weight is 389 g/mol. The minimum Gasteiger partial charge on any atom is -0.467 e. The van der Waals surface area contributed by atoms with E-state index in [9.17, 15) is 4.79 Å². The fourth-order valence-electron chi connectivity index (χ4n) is 4.25. The van der Waals surface area contributed by atoms with Crippen LogP contribution in [0.15, 0.2) is 77.4 Å². The molecule has 2 aromatic carbocycles. The van der Waals surface area contributed by atoms with Gasteiger partial charge in [0.15, 0.2) is 0 Å². The fourth-order valence-corrected chi connectivity index (χ4v) is 4.25. The fraction of sp³-hybridized carbons (Fsp3) is 0.320. The first kappa shape index (κ1) is 19.5. The summed E-state index contributed by atoms with van der Waals surface area (Å²) in [5.41, 5.74) is 3.88. The molecule has 1 N–H and O–H groups in total. The maximum atomic E-state index is 13.0. The minimum atomic E-state index is -0.0343. The lowest BCUT2D eigenvalue weighted by Gasteiger charge is -2.37. The van der Waals surface area contributed by atoms with Gasteiger partial charge in [-0.1, -0.05) is 60.2 Å². The number of benzene rings is 2. The number of piperidine rings is 1. The Morgan fingerprint density at radius 3 is 2.69 bits per heavy atom. The Balaban J connectivity index is 1.49. The van der Waals surface area contributed by atoms with Crippen LogP contribution in [0.1, 0.15) is 34.8 Å². The number of rotatable bonds is 6. The van der Waals surface area contributed by atoms with Crippen molar-refractivity contribution in [1.82, 2.24) is 10.2 Å². The van der Waals surface area contributed by atoms with Crippen molar-refractivity contribution in [1.29, 1.82) is 0 Å². The summed E-state index contributed by atoms with van der Waals surface area (Å²) in [4.78, 5) is 15.4.